The topological polar surface area (TPSA) is 81.7 Å². The van der Waals surface area contributed by atoms with Gasteiger partial charge in [-0.1, -0.05) is 22.9 Å². The van der Waals surface area contributed by atoms with Crippen LogP contribution < -0.4 is 0 Å². The van der Waals surface area contributed by atoms with E-state index in [0.717, 1.165) is 18.5 Å². The van der Waals surface area contributed by atoms with Crippen molar-refractivity contribution in [3.8, 4) is 5.69 Å². The summed E-state index contributed by atoms with van der Waals surface area (Å²) < 4.78 is 3.50. The van der Waals surface area contributed by atoms with Gasteiger partial charge in [0.25, 0.3) is 5.91 Å². The Bertz CT molecular complexity index is 913. The molecule has 3 aromatic rings. The SMILES string of the molecule is Cc1c(C(=O)N2CCC(n3cncn3)CC2)nnn1-c1cccc(Cl)c1. The second-order valence-electron chi connectivity index (χ2n) is 6.31. The highest BCUT2D eigenvalue weighted by Crippen LogP contribution is 2.23. The van der Waals surface area contributed by atoms with Crippen molar-refractivity contribution in [3.05, 3.63) is 53.3 Å². The van der Waals surface area contributed by atoms with Crippen molar-refractivity contribution in [3.63, 3.8) is 0 Å². The largest absolute Gasteiger partial charge is 0.337 e. The van der Waals surface area contributed by atoms with Gasteiger partial charge in [-0.3, -0.25) is 4.79 Å². The van der Waals surface area contributed by atoms with Gasteiger partial charge in [-0.2, -0.15) is 5.10 Å². The molecule has 4 rings (SSSR count). The van der Waals surface area contributed by atoms with Crippen molar-refractivity contribution in [1.29, 1.82) is 0 Å². The normalized spacial score (nSPS) is 15.4. The third-order valence-electron chi connectivity index (χ3n) is 4.71. The first kappa shape index (κ1) is 16.7. The van der Waals surface area contributed by atoms with Crippen molar-refractivity contribution in [2.75, 3.05) is 13.1 Å². The van der Waals surface area contributed by atoms with Crippen LogP contribution in [0.5, 0.6) is 0 Å². The van der Waals surface area contributed by atoms with Crippen LogP contribution in [-0.2, 0) is 0 Å². The van der Waals surface area contributed by atoms with Gasteiger partial charge in [-0.05, 0) is 38.0 Å². The average Bonchev–Trinajstić information content (AvgIpc) is 3.31. The number of hydrogen-bond acceptors (Lipinski definition) is 5. The zero-order chi connectivity index (χ0) is 18.1. The van der Waals surface area contributed by atoms with E-state index in [9.17, 15) is 4.79 Å². The smallest absolute Gasteiger partial charge is 0.276 e. The van der Waals surface area contributed by atoms with E-state index >= 15 is 0 Å². The van der Waals surface area contributed by atoms with Crippen LogP contribution in [0, 0.1) is 6.92 Å². The summed E-state index contributed by atoms with van der Waals surface area (Å²) in [4.78, 5) is 18.7. The first-order valence-corrected chi connectivity index (χ1v) is 8.83. The highest BCUT2D eigenvalue weighted by molar-refractivity contribution is 6.30. The van der Waals surface area contributed by atoms with Crippen LogP contribution >= 0.6 is 11.6 Å². The fraction of sp³-hybridized carbons (Fsp3) is 0.353. The van der Waals surface area contributed by atoms with Gasteiger partial charge in [-0.15, -0.1) is 5.10 Å². The number of carbonyl (C=O) groups excluding carboxylic acids is 1. The fourth-order valence-electron chi connectivity index (χ4n) is 3.27. The molecule has 8 nitrogen and oxygen atoms in total. The summed E-state index contributed by atoms with van der Waals surface area (Å²) in [5.74, 6) is -0.0900. The van der Waals surface area contributed by atoms with Crippen LogP contribution in [0.3, 0.4) is 0 Å². The van der Waals surface area contributed by atoms with E-state index in [1.807, 2.05) is 28.6 Å². The molecule has 2 aromatic heterocycles. The van der Waals surface area contributed by atoms with Gasteiger partial charge in [0.05, 0.1) is 17.4 Å². The molecule has 1 aromatic carbocycles. The number of rotatable bonds is 3. The number of hydrogen-bond donors (Lipinski definition) is 0. The molecule has 0 bridgehead atoms. The summed E-state index contributed by atoms with van der Waals surface area (Å²) in [7, 11) is 0. The molecule has 0 saturated carbocycles. The van der Waals surface area contributed by atoms with Crippen LogP contribution in [0.2, 0.25) is 5.02 Å². The maximum absolute atomic E-state index is 12.9. The van der Waals surface area contributed by atoms with Crippen LogP contribution in [0.4, 0.5) is 0 Å². The lowest BCUT2D eigenvalue weighted by Gasteiger charge is -2.31. The monoisotopic (exact) mass is 371 g/mol. The fourth-order valence-corrected chi connectivity index (χ4v) is 3.45. The van der Waals surface area contributed by atoms with E-state index < -0.39 is 0 Å². The Morgan fingerprint density at radius 3 is 2.77 bits per heavy atom. The van der Waals surface area contributed by atoms with Crippen molar-refractivity contribution >= 4 is 17.5 Å². The van der Waals surface area contributed by atoms with E-state index in [1.54, 1.807) is 23.1 Å². The molecule has 1 amide bonds. The van der Waals surface area contributed by atoms with E-state index in [-0.39, 0.29) is 11.9 Å². The highest BCUT2D eigenvalue weighted by Gasteiger charge is 2.28. The summed E-state index contributed by atoms with van der Waals surface area (Å²) in [6.07, 6.45) is 4.95. The number of likely N-dealkylation sites (tertiary alicyclic amines) is 1. The molecule has 1 aliphatic rings. The molecule has 1 fully saturated rings. The second-order valence-corrected chi connectivity index (χ2v) is 6.75. The molecular weight excluding hydrogens is 354 g/mol. The Kier molecular flexibility index (Phi) is 4.42. The number of aromatic nitrogens is 6. The minimum absolute atomic E-state index is 0.0900. The molecule has 0 unspecified atom stereocenters. The molecule has 9 heteroatoms. The molecule has 134 valence electrons. The standard InChI is InChI=1S/C17H18ClN7O/c1-12-16(21-22-25(12)15-4-2-3-13(18)9-15)17(26)23-7-5-14(6-8-23)24-11-19-10-20-24/h2-4,9-11,14H,5-8H2,1H3. The van der Waals surface area contributed by atoms with E-state index in [4.69, 9.17) is 11.6 Å². The van der Waals surface area contributed by atoms with Crippen molar-refractivity contribution in [2.45, 2.75) is 25.8 Å². The second kappa shape index (κ2) is 6.87. The van der Waals surface area contributed by atoms with Crippen LogP contribution in [0.1, 0.15) is 35.1 Å². The lowest BCUT2D eigenvalue weighted by molar-refractivity contribution is 0.0683. The highest BCUT2D eigenvalue weighted by atomic mass is 35.5. The molecule has 0 atom stereocenters. The third kappa shape index (κ3) is 3.08. The van der Waals surface area contributed by atoms with Crippen LogP contribution in [0.25, 0.3) is 5.69 Å². The van der Waals surface area contributed by atoms with Crippen molar-refractivity contribution in [1.82, 2.24) is 34.7 Å². The van der Waals surface area contributed by atoms with Gasteiger partial charge >= 0.3 is 0 Å². The Hall–Kier alpha value is -2.74. The summed E-state index contributed by atoms with van der Waals surface area (Å²) >= 11 is 6.05. The molecule has 3 heterocycles. The predicted octanol–water partition coefficient (Wildman–Crippen LogP) is 2.30. The zero-order valence-electron chi connectivity index (χ0n) is 14.3. The van der Waals surface area contributed by atoms with Gasteiger partial charge in [0.15, 0.2) is 5.69 Å². The van der Waals surface area contributed by atoms with Crippen LogP contribution in [0.15, 0.2) is 36.9 Å². The minimum Gasteiger partial charge on any atom is -0.337 e. The van der Waals surface area contributed by atoms with Gasteiger partial charge in [0.2, 0.25) is 0 Å². The van der Waals surface area contributed by atoms with Crippen LogP contribution in [-0.4, -0.2) is 53.7 Å². The van der Waals surface area contributed by atoms with Crippen molar-refractivity contribution < 1.29 is 4.79 Å². The van der Waals surface area contributed by atoms with E-state index in [0.29, 0.717) is 29.5 Å². The Morgan fingerprint density at radius 1 is 1.27 bits per heavy atom. The average molecular weight is 372 g/mol. The van der Waals surface area contributed by atoms with Gasteiger partial charge in [-0.25, -0.2) is 14.3 Å². The number of nitrogens with zero attached hydrogens (tertiary/aromatic N) is 7. The molecule has 1 saturated heterocycles. The Labute approximate surface area is 155 Å². The van der Waals surface area contributed by atoms with Gasteiger partial charge < -0.3 is 4.90 Å². The molecule has 0 N–H and O–H groups in total. The predicted molar refractivity (Wildman–Crippen MR) is 95.3 cm³/mol. The first-order valence-electron chi connectivity index (χ1n) is 8.45. The van der Waals surface area contributed by atoms with E-state index in [1.165, 1.54) is 6.33 Å². The quantitative estimate of drug-likeness (QED) is 0.705. The molecule has 0 aliphatic carbocycles. The summed E-state index contributed by atoms with van der Waals surface area (Å²) in [5, 5.41) is 13.1. The minimum atomic E-state index is -0.0900. The van der Waals surface area contributed by atoms with Gasteiger partial charge in [0, 0.05) is 18.1 Å². The lowest BCUT2D eigenvalue weighted by Crippen LogP contribution is -2.39. The summed E-state index contributed by atoms with van der Waals surface area (Å²) in [5.41, 5.74) is 1.87. The lowest BCUT2D eigenvalue weighted by atomic mass is 10.0. The zero-order valence-corrected chi connectivity index (χ0v) is 15.0. The maximum atomic E-state index is 12.9. The Balaban J connectivity index is 1.49. The maximum Gasteiger partial charge on any atom is 0.276 e. The molecular formula is C17H18ClN7O. The molecule has 0 radical (unpaired) electrons. The third-order valence-corrected chi connectivity index (χ3v) is 4.95. The number of piperidine rings is 1. The van der Waals surface area contributed by atoms with Gasteiger partial charge in [0.1, 0.15) is 12.7 Å². The molecule has 26 heavy (non-hydrogen) atoms. The first-order chi connectivity index (χ1) is 12.6. The number of carbonyl (C=O) groups is 1. The molecule has 0 spiro atoms. The number of benzene rings is 1. The van der Waals surface area contributed by atoms with Crippen molar-refractivity contribution in [2.24, 2.45) is 0 Å². The number of halogens is 1. The molecule has 1 aliphatic heterocycles. The summed E-state index contributed by atoms with van der Waals surface area (Å²) in [6, 6.07) is 7.59. The number of amides is 1. The summed E-state index contributed by atoms with van der Waals surface area (Å²) in [6.45, 7) is 3.16. The Morgan fingerprint density at radius 2 is 2.08 bits per heavy atom. The van der Waals surface area contributed by atoms with E-state index in [2.05, 4.69) is 20.4 Å².